The van der Waals surface area contributed by atoms with Gasteiger partial charge < -0.3 is 10.2 Å². The van der Waals surface area contributed by atoms with E-state index >= 15 is 0 Å². The Balaban J connectivity index is 1.90. The molecule has 0 radical (unpaired) electrons. The van der Waals surface area contributed by atoms with Gasteiger partial charge in [-0.3, -0.25) is 4.90 Å². The fourth-order valence-corrected chi connectivity index (χ4v) is 2.15. The summed E-state index contributed by atoms with van der Waals surface area (Å²) >= 11 is 1.52. The molecule has 0 aliphatic rings. The highest BCUT2D eigenvalue weighted by Gasteiger charge is 2.05. The largest absolute Gasteiger partial charge is 0.468 e. The molecule has 0 atom stereocenters. The second kappa shape index (κ2) is 4.46. The van der Waals surface area contributed by atoms with Gasteiger partial charge >= 0.3 is 0 Å². The van der Waals surface area contributed by atoms with Crippen LogP contribution in [-0.4, -0.2) is 16.9 Å². The summed E-state index contributed by atoms with van der Waals surface area (Å²) in [6, 6.07) is 3.87. The first-order valence-corrected chi connectivity index (χ1v) is 5.47. The normalized spacial score (nSPS) is 11.1. The molecule has 0 unspecified atom stereocenters. The number of aromatic nitrogens is 1. The molecule has 2 aromatic heterocycles. The highest BCUT2D eigenvalue weighted by molar-refractivity contribution is 7.15. The van der Waals surface area contributed by atoms with Gasteiger partial charge in [-0.25, -0.2) is 4.98 Å². The Morgan fingerprint density at radius 3 is 3.00 bits per heavy atom. The van der Waals surface area contributed by atoms with E-state index in [0.29, 0.717) is 5.13 Å². The molecule has 0 fully saturated rings. The van der Waals surface area contributed by atoms with E-state index < -0.39 is 0 Å². The van der Waals surface area contributed by atoms with Crippen LogP contribution < -0.4 is 5.73 Å². The molecule has 0 saturated carbocycles. The molecule has 0 spiro atoms. The summed E-state index contributed by atoms with van der Waals surface area (Å²) in [4.78, 5) is 7.34. The molecule has 0 aliphatic heterocycles. The zero-order valence-electron chi connectivity index (χ0n) is 8.51. The average molecular weight is 223 g/mol. The van der Waals surface area contributed by atoms with Gasteiger partial charge in [0, 0.05) is 17.6 Å². The Hall–Kier alpha value is -1.33. The Morgan fingerprint density at radius 2 is 2.40 bits per heavy atom. The van der Waals surface area contributed by atoms with Crippen LogP contribution in [0, 0.1) is 0 Å². The minimum atomic E-state index is 0.622. The summed E-state index contributed by atoms with van der Waals surface area (Å²) < 4.78 is 5.27. The molecule has 4 nitrogen and oxygen atoms in total. The molecule has 80 valence electrons. The van der Waals surface area contributed by atoms with Crippen LogP contribution in [0.25, 0.3) is 0 Å². The number of rotatable bonds is 4. The average Bonchev–Trinajstić information content (AvgIpc) is 2.77. The van der Waals surface area contributed by atoms with Crippen LogP contribution in [0.5, 0.6) is 0 Å². The quantitative estimate of drug-likeness (QED) is 0.860. The van der Waals surface area contributed by atoms with Crippen molar-refractivity contribution in [2.24, 2.45) is 0 Å². The lowest BCUT2D eigenvalue weighted by atomic mass is 10.4. The van der Waals surface area contributed by atoms with Crippen LogP contribution in [0.1, 0.15) is 10.6 Å². The lowest BCUT2D eigenvalue weighted by Gasteiger charge is -2.12. The molecule has 0 aliphatic carbocycles. The highest BCUT2D eigenvalue weighted by Crippen LogP contribution is 2.16. The number of nitrogen functional groups attached to an aromatic ring is 1. The summed E-state index contributed by atoms with van der Waals surface area (Å²) in [7, 11) is 2.04. The van der Waals surface area contributed by atoms with Gasteiger partial charge in [-0.2, -0.15) is 0 Å². The molecule has 2 aromatic rings. The highest BCUT2D eigenvalue weighted by atomic mass is 32.1. The van der Waals surface area contributed by atoms with E-state index in [4.69, 9.17) is 10.2 Å². The molecule has 15 heavy (non-hydrogen) atoms. The summed E-state index contributed by atoms with van der Waals surface area (Å²) in [5.41, 5.74) is 5.56. The van der Waals surface area contributed by atoms with E-state index in [1.165, 1.54) is 16.2 Å². The minimum Gasteiger partial charge on any atom is -0.468 e. The maximum Gasteiger partial charge on any atom is 0.180 e. The smallest absolute Gasteiger partial charge is 0.180 e. The Bertz CT molecular complexity index is 410. The number of furan rings is 1. The van der Waals surface area contributed by atoms with Crippen molar-refractivity contribution in [1.29, 1.82) is 0 Å². The maximum absolute atomic E-state index is 5.56. The summed E-state index contributed by atoms with van der Waals surface area (Å²) in [6.45, 7) is 1.64. The summed E-state index contributed by atoms with van der Waals surface area (Å²) in [6.07, 6.45) is 3.51. The van der Waals surface area contributed by atoms with E-state index in [2.05, 4.69) is 9.88 Å². The molecule has 0 aromatic carbocycles. The molecule has 5 heteroatoms. The maximum atomic E-state index is 5.56. The third kappa shape index (κ3) is 2.81. The number of anilines is 1. The Morgan fingerprint density at radius 1 is 1.53 bits per heavy atom. The number of nitrogens with zero attached hydrogens (tertiary/aromatic N) is 2. The van der Waals surface area contributed by atoms with E-state index in [1.54, 1.807) is 6.26 Å². The second-order valence-electron chi connectivity index (χ2n) is 3.42. The van der Waals surface area contributed by atoms with Gasteiger partial charge in [0.15, 0.2) is 5.13 Å². The molecule has 0 bridgehead atoms. The number of thiazole rings is 1. The number of nitrogens with two attached hydrogens (primary N) is 1. The third-order valence-electron chi connectivity index (χ3n) is 2.00. The van der Waals surface area contributed by atoms with Crippen LogP contribution in [0.3, 0.4) is 0 Å². The predicted molar refractivity (Wildman–Crippen MR) is 60.4 cm³/mol. The van der Waals surface area contributed by atoms with Crippen LogP contribution >= 0.6 is 11.3 Å². The zero-order valence-corrected chi connectivity index (χ0v) is 9.33. The van der Waals surface area contributed by atoms with Crippen molar-refractivity contribution < 1.29 is 4.42 Å². The van der Waals surface area contributed by atoms with Gasteiger partial charge in [0.2, 0.25) is 0 Å². The van der Waals surface area contributed by atoms with Gasteiger partial charge in [0.05, 0.1) is 12.8 Å². The third-order valence-corrected chi connectivity index (χ3v) is 2.81. The van der Waals surface area contributed by atoms with Gasteiger partial charge in [0.1, 0.15) is 5.76 Å². The monoisotopic (exact) mass is 223 g/mol. The Kier molecular flexibility index (Phi) is 3.03. The van der Waals surface area contributed by atoms with Crippen molar-refractivity contribution in [2.45, 2.75) is 13.1 Å². The van der Waals surface area contributed by atoms with E-state index in [-0.39, 0.29) is 0 Å². The topological polar surface area (TPSA) is 55.3 Å². The van der Waals surface area contributed by atoms with E-state index in [9.17, 15) is 0 Å². The molecular formula is C10H13N3OS. The molecule has 2 N–H and O–H groups in total. The van der Waals surface area contributed by atoms with Gasteiger partial charge in [-0.15, -0.1) is 11.3 Å². The molecule has 2 rings (SSSR count). The predicted octanol–water partition coefficient (Wildman–Crippen LogP) is 1.95. The molecule has 2 heterocycles. The fraction of sp³-hybridized carbons (Fsp3) is 0.300. The molecule has 0 amide bonds. The second-order valence-corrected chi connectivity index (χ2v) is 4.56. The fourth-order valence-electron chi connectivity index (χ4n) is 1.39. The number of hydrogen-bond acceptors (Lipinski definition) is 5. The van der Waals surface area contributed by atoms with Crippen LogP contribution in [0.2, 0.25) is 0 Å². The first-order valence-electron chi connectivity index (χ1n) is 4.65. The minimum absolute atomic E-state index is 0.622. The van der Waals surface area contributed by atoms with Crippen LogP contribution in [0.15, 0.2) is 29.0 Å². The van der Waals surface area contributed by atoms with Crippen LogP contribution in [0.4, 0.5) is 5.13 Å². The SMILES string of the molecule is CN(Cc1ccco1)Cc1cnc(N)s1. The summed E-state index contributed by atoms with van der Waals surface area (Å²) in [5, 5.41) is 0.622. The van der Waals surface area contributed by atoms with E-state index in [1.807, 2.05) is 25.4 Å². The van der Waals surface area contributed by atoms with Crippen molar-refractivity contribution in [3.8, 4) is 0 Å². The Labute approximate surface area is 92.3 Å². The van der Waals surface area contributed by atoms with Gasteiger partial charge in [0.25, 0.3) is 0 Å². The molecular weight excluding hydrogens is 210 g/mol. The van der Waals surface area contributed by atoms with Crippen molar-refractivity contribution in [3.05, 3.63) is 35.2 Å². The lowest BCUT2D eigenvalue weighted by molar-refractivity contribution is 0.290. The number of hydrogen-bond donors (Lipinski definition) is 1. The van der Waals surface area contributed by atoms with E-state index in [0.717, 1.165) is 18.8 Å². The van der Waals surface area contributed by atoms with Crippen LogP contribution in [-0.2, 0) is 13.1 Å². The van der Waals surface area contributed by atoms with Crippen molar-refractivity contribution >= 4 is 16.5 Å². The first kappa shape index (κ1) is 10.2. The van der Waals surface area contributed by atoms with Gasteiger partial charge in [-0.05, 0) is 19.2 Å². The zero-order chi connectivity index (χ0) is 10.7. The van der Waals surface area contributed by atoms with Gasteiger partial charge in [-0.1, -0.05) is 0 Å². The van der Waals surface area contributed by atoms with Crippen molar-refractivity contribution in [1.82, 2.24) is 9.88 Å². The summed E-state index contributed by atoms with van der Waals surface area (Å²) in [5.74, 6) is 0.968. The lowest BCUT2D eigenvalue weighted by Crippen LogP contribution is -2.15. The first-order chi connectivity index (χ1) is 7.24. The molecule has 0 saturated heterocycles. The van der Waals surface area contributed by atoms with Crippen molar-refractivity contribution in [2.75, 3.05) is 12.8 Å². The standard InChI is InChI=1S/C10H13N3OS/c1-13(6-8-3-2-4-14-8)7-9-5-12-10(11)15-9/h2-5H,6-7H2,1H3,(H2,11,12). The van der Waals surface area contributed by atoms with Crippen molar-refractivity contribution in [3.63, 3.8) is 0 Å².